The van der Waals surface area contributed by atoms with E-state index in [0.29, 0.717) is 16.1 Å². The summed E-state index contributed by atoms with van der Waals surface area (Å²) >= 11 is 3.28. The predicted octanol–water partition coefficient (Wildman–Crippen LogP) is 3.79. The maximum absolute atomic E-state index is 13.6. The van der Waals surface area contributed by atoms with E-state index in [1.165, 1.54) is 6.07 Å². The molecule has 0 aromatic heterocycles. The molecule has 100 valence electrons. The lowest BCUT2D eigenvalue weighted by molar-refractivity contribution is 0.615. The normalized spacial score (nSPS) is 12.4. The van der Waals surface area contributed by atoms with Gasteiger partial charge in [-0.2, -0.15) is 0 Å². The van der Waals surface area contributed by atoms with Crippen molar-refractivity contribution in [1.29, 1.82) is 0 Å². The highest BCUT2D eigenvalue weighted by Gasteiger charge is 2.12. The zero-order valence-electron chi connectivity index (χ0n) is 10.3. The number of nitrogen functional groups attached to an aromatic ring is 1. The minimum Gasteiger partial charge on any atom is -0.399 e. The topological polar surface area (TPSA) is 43.1 Å². The average molecular weight is 342 g/mol. The number of anilines is 1. The van der Waals surface area contributed by atoms with E-state index < -0.39 is 10.8 Å². The summed E-state index contributed by atoms with van der Waals surface area (Å²) in [5, 5.41) is 0. The monoisotopic (exact) mass is 341 g/mol. The third-order valence-electron chi connectivity index (χ3n) is 2.75. The van der Waals surface area contributed by atoms with Crippen LogP contribution < -0.4 is 5.73 Å². The number of hydrogen-bond acceptors (Lipinski definition) is 2. The SMILES string of the molecule is Cc1ccc(N)cc1S(=O)Cc1cc(Br)ccc1F. The second-order valence-corrected chi connectivity index (χ2v) is 6.59. The van der Waals surface area contributed by atoms with E-state index in [-0.39, 0.29) is 11.6 Å². The van der Waals surface area contributed by atoms with E-state index in [4.69, 9.17) is 5.73 Å². The van der Waals surface area contributed by atoms with Crippen LogP contribution in [0.1, 0.15) is 11.1 Å². The standard InChI is InChI=1S/C14H13BrFNOS/c1-9-2-4-12(17)7-14(9)19(18)8-10-6-11(15)3-5-13(10)16/h2-7H,8,17H2,1H3. The van der Waals surface area contributed by atoms with Gasteiger partial charge in [-0.3, -0.25) is 4.21 Å². The zero-order valence-corrected chi connectivity index (χ0v) is 12.7. The average Bonchev–Trinajstić information content (AvgIpc) is 2.36. The first-order valence-electron chi connectivity index (χ1n) is 5.66. The van der Waals surface area contributed by atoms with Gasteiger partial charge in [0, 0.05) is 20.6 Å². The highest BCUT2D eigenvalue weighted by Crippen LogP contribution is 2.22. The maximum atomic E-state index is 13.6. The molecule has 0 saturated carbocycles. The Morgan fingerprint density at radius 3 is 2.74 bits per heavy atom. The first-order valence-corrected chi connectivity index (χ1v) is 7.77. The number of aryl methyl sites for hydroxylation is 1. The van der Waals surface area contributed by atoms with Crippen molar-refractivity contribution in [3.63, 3.8) is 0 Å². The minimum atomic E-state index is -1.32. The van der Waals surface area contributed by atoms with Gasteiger partial charge in [0.05, 0.1) is 16.6 Å². The van der Waals surface area contributed by atoms with Crippen LogP contribution in [0.5, 0.6) is 0 Å². The van der Waals surface area contributed by atoms with E-state index in [1.54, 1.807) is 24.3 Å². The molecule has 0 amide bonds. The fraction of sp³-hybridized carbons (Fsp3) is 0.143. The van der Waals surface area contributed by atoms with Gasteiger partial charge in [0.25, 0.3) is 0 Å². The second-order valence-electron chi connectivity index (χ2n) is 4.25. The van der Waals surface area contributed by atoms with Crippen molar-refractivity contribution in [2.45, 2.75) is 17.6 Å². The molecule has 0 aliphatic carbocycles. The fourth-order valence-electron chi connectivity index (χ4n) is 1.73. The van der Waals surface area contributed by atoms with E-state index in [1.807, 2.05) is 13.0 Å². The molecule has 2 N–H and O–H groups in total. The number of nitrogens with two attached hydrogens (primary N) is 1. The van der Waals surface area contributed by atoms with Crippen LogP contribution >= 0.6 is 15.9 Å². The predicted molar refractivity (Wildman–Crippen MR) is 79.8 cm³/mol. The van der Waals surface area contributed by atoms with Gasteiger partial charge in [-0.1, -0.05) is 22.0 Å². The van der Waals surface area contributed by atoms with E-state index in [0.717, 1.165) is 10.0 Å². The highest BCUT2D eigenvalue weighted by molar-refractivity contribution is 9.10. The van der Waals surface area contributed by atoms with Gasteiger partial charge in [-0.15, -0.1) is 0 Å². The molecule has 0 bridgehead atoms. The zero-order chi connectivity index (χ0) is 14.0. The molecule has 2 aromatic carbocycles. The molecule has 0 aliphatic heterocycles. The summed E-state index contributed by atoms with van der Waals surface area (Å²) in [5.74, 6) is -0.214. The lowest BCUT2D eigenvalue weighted by atomic mass is 10.2. The van der Waals surface area contributed by atoms with E-state index in [2.05, 4.69) is 15.9 Å². The van der Waals surface area contributed by atoms with Gasteiger partial charge in [0.1, 0.15) is 5.82 Å². The van der Waals surface area contributed by atoms with Crippen LogP contribution in [-0.4, -0.2) is 4.21 Å². The van der Waals surface area contributed by atoms with Crippen LogP contribution in [-0.2, 0) is 16.6 Å². The summed E-state index contributed by atoms with van der Waals surface area (Å²) in [6.45, 7) is 1.87. The highest BCUT2D eigenvalue weighted by atomic mass is 79.9. The molecule has 5 heteroatoms. The van der Waals surface area contributed by atoms with Gasteiger partial charge >= 0.3 is 0 Å². The van der Waals surface area contributed by atoms with Crippen molar-refractivity contribution in [2.24, 2.45) is 0 Å². The molecule has 0 radical (unpaired) electrons. The molecule has 0 heterocycles. The second kappa shape index (κ2) is 5.84. The maximum Gasteiger partial charge on any atom is 0.127 e. The quantitative estimate of drug-likeness (QED) is 0.863. The van der Waals surface area contributed by atoms with Gasteiger partial charge in [0.15, 0.2) is 0 Å². The van der Waals surface area contributed by atoms with Crippen molar-refractivity contribution in [1.82, 2.24) is 0 Å². The summed E-state index contributed by atoms with van der Waals surface area (Å²) < 4.78 is 26.7. The Hall–Kier alpha value is -1.20. The van der Waals surface area contributed by atoms with Crippen LogP contribution in [0.4, 0.5) is 10.1 Å². The van der Waals surface area contributed by atoms with E-state index >= 15 is 0 Å². The third-order valence-corrected chi connectivity index (χ3v) is 4.75. The van der Waals surface area contributed by atoms with Crippen molar-refractivity contribution in [3.05, 3.63) is 57.8 Å². The Bertz CT molecular complexity index is 645. The summed E-state index contributed by atoms with van der Waals surface area (Å²) in [6, 6.07) is 9.89. The molecule has 0 spiro atoms. The van der Waals surface area contributed by atoms with Crippen molar-refractivity contribution < 1.29 is 8.60 Å². The molecule has 2 nitrogen and oxygen atoms in total. The number of rotatable bonds is 3. The fourth-order valence-corrected chi connectivity index (χ4v) is 3.50. The molecule has 2 aromatic rings. The van der Waals surface area contributed by atoms with Crippen molar-refractivity contribution in [3.8, 4) is 0 Å². The summed E-state index contributed by atoms with van der Waals surface area (Å²) in [7, 11) is -1.32. The molecule has 19 heavy (non-hydrogen) atoms. The Kier molecular flexibility index (Phi) is 4.37. The van der Waals surface area contributed by atoms with Crippen LogP contribution in [0, 0.1) is 12.7 Å². The van der Waals surface area contributed by atoms with Gasteiger partial charge in [-0.25, -0.2) is 4.39 Å². The smallest absolute Gasteiger partial charge is 0.127 e. The number of benzene rings is 2. The van der Waals surface area contributed by atoms with Gasteiger partial charge in [-0.05, 0) is 42.8 Å². The molecular weight excluding hydrogens is 329 g/mol. The molecule has 2 rings (SSSR count). The minimum absolute atomic E-state index is 0.134. The number of halogens is 2. The van der Waals surface area contributed by atoms with Crippen LogP contribution in [0.2, 0.25) is 0 Å². The largest absolute Gasteiger partial charge is 0.399 e. The van der Waals surface area contributed by atoms with Crippen molar-refractivity contribution >= 4 is 32.4 Å². The molecule has 1 unspecified atom stereocenters. The molecule has 1 atom stereocenters. The third kappa shape index (κ3) is 3.42. The van der Waals surface area contributed by atoms with Gasteiger partial charge in [0.2, 0.25) is 0 Å². The molecule has 0 fully saturated rings. The lowest BCUT2D eigenvalue weighted by Crippen LogP contribution is -2.02. The first-order chi connectivity index (χ1) is 8.97. The first kappa shape index (κ1) is 14.2. The summed E-state index contributed by atoms with van der Waals surface area (Å²) in [6.07, 6.45) is 0. The molecule has 0 aliphatic rings. The van der Waals surface area contributed by atoms with Crippen molar-refractivity contribution in [2.75, 3.05) is 5.73 Å². The van der Waals surface area contributed by atoms with Gasteiger partial charge < -0.3 is 5.73 Å². The lowest BCUT2D eigenvalue weighted by Gasteiger charge is -2.08. The van der Waals surface area contributed by atoms with Crippen LogP contribution in [0.15, 0.2) is 45.8 Å². The van der Waals surface area contributed by atoms with E-state index in [9.17, 15) is 8.60 Å². The summed E-state index contributed by atoms with van der Waals surface area (Å²) in [5.41, 5.74) is 7.57. The number of hydrogen-bond donors (Lipinski definition) is 1. The summed E-state index contributed by atoms with van der Waals surface area (Å²) in [4.78, 5) is 0.652. The molecule has 0 saturated heterocycles. The Balaban J connectivity index is 2.30. The molecular formula is C14H13BrFNOS. The Labute approximate surface area is 122 Å². The Morgan fingerprint density at radius 1 is 1.26 bits per heavy atom. The Morgan fingerprint density at radius 2 is 2.00 bits per heavy atom. The van der Waals surface area contributed by atoms with Crippen LogP contribution in [0.3, 0.4) is 0 Å². The van der Waals surface area contributed by atoms with Crippen LogP contribution in [0.25, 0.3) is 0 Å².